The first-order valence-corrected chi connectivity index (χ1v) is 7.84. The molecule has 1 rings (SSSR count). The second kappa shape index (κ2) is 7.47. The minimum absolute atomic E-state index is 0.0584. The Bertz CT molecular complexity index is 513. The van der Waals surface area contributed by atoms with E-state index in [1.807, 2.05) is 0 Å². The van der Waals surface area contributed by atoms with Crippen molar-refractivity contribution in [3.05, 3.63) is 29.8 Å². The lowest BCUT2D eigenvalue weighted by atomic mass is 10.2. The summed E-state index contributed by atoms with van der Waals surface area (Å²) in [6, 6.07) is 6.46. The van der Waals surface area contributed by atoms with Crippen LogP contribution in [0.15, 0.2) is 29.2 Å². The summed E-state index contributed by atoms with van der Waals surface area (Å²) in [7, 11) is -3.57. The van der Waals surface area contributed by atoms with E-state index >= 15 is 0 Å². The molecule has 0 radical (unpaired) electrons. The standard InChI is InChI=1S/C12H16ClNO4S/c13-8-7-10-3-5-11(6-4-10)19(17,18)14-9-1-2-12(15)16/h3-6,14H,1-2,7-9H2,(H,15,16). The zero-order valence-corrected chi connectivity index (χ0v) is 11.9. The van der Waals surface area contributed by atoms with Gasteiger partial charge in [-0.3, -0.25) is 4.79 Å². The number of hydrogen-bond donors (Lipinski definition) is 2. The third-order valence-corrected chi connectivity index (χ3v) is 4.14. The topological polar surface area (TPSA) is 83.5 Å². The normalized spacial score (nSPS) is 11.4. The smallest absolute Gasteiger partial charge is 0.303 e. The summed E-state index contributed by atoms with van der Waals surface area (Å²) < 4.78 is 26.1. The summed E-state index contributed by atoms with van der Waals surface area (Å²) >= 11 is 5.60. The molecule has 0 saturated heterocycles. The number of hydrogen-bond acceptors (Lipinski definition) is 3. The van der Waals surface area contributed by atoms with Crippen LogP contribution in [0.25, 0.3) is 0 Å². The highest BCUT2D eigenvalue weighted by Crippen LogP contribution is 2.11. The third-order valence-electron chi connectivity index (χ3n) is 2.48. The lowest BCUT2D eigenvalue weighted by Gasteiger charge is -2.06. The number of carboxylic acids is 1. The Kier molecular flexibility index (Phi) is 6.27. The van der Waals surface area contributed by atoms with Crippen LogP contribution in [0.5, 0.6) is 0 Å². The molecule has 0 aliphatic carbocycles. The van der Waals surface area contributed by atoms with E-state index in [2.05, 4.69) is 4.72 Å². The molecule has 1 aromatic carbocycles. The van der Waals surface area contributed by atoms with Crippen LogP contribution in [0.4, 0.5) is 0 Å². The SMILES string of the molecule is O=C(O)CCCNS(=O)(=O)c1ccc(CCCl)cc1. The number of alkyl halides is 1. The van der Waals surface area contributed by atoms with E-state index < -0.39 is 16.0 Å². The van der Waals surface area contributed by atoms with Crippen LogP contribution in [-0.2, 0) is 21.2 Å². The largest absolute Gasteiger partial charge is 0.481 e. The van der Waals surface area contributed by atoms with Gasteiger partial charge in [-0.25, -0.2) is 13.1 Å². The summed E-state index contributed by atoms with van der Waals surface area (Å²) in [5.74, 6) is -0.455. The molecule has 0 spiro atoms. The average molecular weight is 306 g/mol. The summed E-state index contributed by atoms with van der Waals surface area (Å²) in [5.41, 5.74) is 0.972. The maximum Gasteiger partial charge on any atom is 0.303 e. The van der Waals surface area contributed by atoms with Gasteiger partial charge in [-0.05, 0) is 30.5 Å². The monoisotopic (exact) mass is 305 g/mol. The van der Waals surface area contributed by atoms with Gasteiger partial charge < -0.3 is 5.11 Å². The lowest BCUT2D eigenvalue weighted by Crippen LogP contribution is -2.25. The van der Waals surface area contributed by atoms with Gasteiger partial charge in [-0.1, -0.05) is 12.1 Å². The predicted molar refractivity (Wildman–Crippen MR) is 72.9 cm³/mol. The molecule has 0 heterocycles. The predicted octanol–water partition coefficient (Wildman–Crippen LogP) is 1.61. The number of carboxylic acid groups (broad SMARTS) is 1. The second-order valence-electron chi connectivity index (χ2n) is 3.98. The van der Waals surface area contributed by atoms with E-state index in [0.717, 1.165) is 5.56 Å². The van der Waals surface area contributed by atoms with Gasteiger partial charge in [0.25, 0.3) is 0 Å². The van der Waals surface area contributed by atoms with Crippen molar-refractivity contribution in [3.8, 4) is 0 Å². The van der Waals surface area contributed by atoms with E-state index in [1.165, 1.54) is 12.1 Å². The van der Waals surface area contributed by atoms with Crippen LogP contribution < -0.4 is 4.72 Å². The molecule has 0 fully saturated rings. The molecule has 7 heteroatoms. The van der Waals surface area contributed by atoms with E-state index in [4.69, 9.17) is 16.7 Å². The van der Waals surface area contributed by atoms with Crippen molar-refractivity contribution in [2.45, 2.75) is 24.2 Å². The molecule has 106 valence electrons. The second-order valence-corrected chi connectivity index (χ2v) is 6.12. The van der Waals surface area contributed by atoms with Crippen LogP contribution in [0, 0.1) is 0 Å². The average Bonchev–Trinajstić information content (AvgIpc) is 2.36. The first kappa shape index (κ1) is 15.9. The Hall–Kier alpha value is -1.11. The fraction of sp³-hybridized carbons (Fsp3) is 0.417. The zero-order chi connectivity index (χ0) is 14.3. The minimum atomic E-state index is -3.57. The lowest BCUT2D eigenvalue weighted by molar-refractivity contribution is -0.137. The highest BCUT2D eigenvalue weighted by atomic mass is 35.5. The molecule has 2 N–H and O–H groups in total. The maximum absolute atomic E-state index is 11.9. The van der Waals surface area contributed by atoms with Crippen molar-refractivity contribution in [2.24, 2.45) is 0 Å². The number of nitrogens with one attached hydrogen (secondary N) is 1. The van der Waals surface area contributed by atoms with E-state index in [1.54, 1.807) is 12.1 Å². The first-order valence-electron chi connectivity index (χ1n) is 5.82. The fourth-order valence-electron chi connectivity index (χ4n) is 1.47. The Morgan fingerprint density at radius 1 is 1.26 bits per heavy atom. The zero-order valence-electron chi connectivity index (χ0n) is 10.3. The minimum Gasteiger partial charge on any atom is -0.481 e. The molecule has 1 aromatic rings. The first-order chi connectivity index (χ1) is 8.95. The molecule has 5 nitrogen and oxygen atoms in total. The van der Waals surface area contributed by atoms with Crippen molar-refractivity contribution in [2.75, 3.05) is 12.4 Å². The highest BCUT2D eigenvalue weighted by molar-refractivity contribution is 7.89. The van der Waals surface area contributed by atoms with Crippen molar-refractivity contribution in [1.29, 1.82) is 0 Å². The van der Waals surface area contributed by atoms with Crippen LogP contribution in [-0.4, -0.2) is 31.9 Å². The number of rotatable bonds is 8. The number of aliphatic carboxylic acids is 1. The summed E-state index contributed by atoms with van der Waals surface area (Å²) in [6.07, 6.45) is 0.893. The molecule has 0 aliphatic heterocycles. The Morgan fingerprint density at radius 3 is 2.42 bits per heavy atom. The van der Waals surface area contributed by atoms with Crippen LogP contribution in [0.1, 0.15) is 18.4 Å². The molecule has 0 amide bonds. The number of benzene rings is 1. The summed E-state index contributed by atoms with van der Waals surface area (Å²) in [5, 5.41) is 8.45. The fourth-order valence-corrected chi connectivity index (χ4v) is 2.77. The van der Waals surface area contributed by atoms with Crippen LogP contribution >= 0.6 is 11.6 Å². The third kappa shape index (κ3) is 5.59. The van der Waals surface area contributed by atoms with Crippen LogP contribution in [0.2, 0.25) is 0 Å². The van der Waals surface area contributed by atoms with Gasteiger partial charge >= 0.3 is 5.97 Å². The number of halogens is 1. The van der Waals surface area contributed by atoms with Crippen molar-refractivity contribution in [1.82, 2.24) is 4.72 Å². The molecular weight excluding hydrogens is 290 g/mol. The molecule has 0 atom stereocenters. The molecule has 0 aliphatic rings. The Balaban J connectivity index is 2.59. The van der Waals surface area contributed by atoms with E-state index in [-0.39, 0.29) is 24.3 Å². The Morgan fingerprint density at radius 2 is 1.89 bits per heavy atom. The molecule has 0 unspecified atom stereocenters. The maximum atomic E-state index is 11.9. The van der Waals surface area contributed by atoms with Crippen molar-refractivity contribution in [3.63, 3.8) is 0 Å². The van der Waals surface area contributed by atoms with Gasteiger partial charge in [0.2, 0.25) is 10.0 Å². The van der Waals surface area contributed by atoms with Gasteiger partial charge in [0, 0.05) is 18.8 Å². The molecule has 0 bridgehead atoms. The Labute approximate surface area is 117 Å². The molecule has 19 heavy (non-hydrogen) atoms. The van der Waals surface area contributed by atoms with Gasteiger partial charge in [0.05, 0.1) is 4.90 Å². The molecule has 0 saturated carbocycles. The van der Waals surface area contributed by atoms with Gasteiger partial charge in [-0.15, -0.1) is 11.6 Å². The summed E-state index contributed by atoms with van der Waals surface area (Å²) in [6.45, 7) is 0.109. The quantitative estimate of drug-likeness (QED) is 0.564. The van der Waals surface area contributed by atoms with Crippen LogP contribution in [0.3, 0.4) is 0 Å². The van der Waals surface area contributed by atoms with Gasteiger partial charge in [-0.2, -0.15) is 0 Å². The van der Waals surface area contributed by atoms with Gasteiger partial charge in [0.1, 0.15) is 0 Å². The highest BCUT2D eigenvalue weighted by Gasteiger charge is 2.13. The number of aryl methyl sites for hydroxylation is 1. The van der Waals surface area contributed by atoms with Crippen molar-refractivity contribution < 1.29 is 18.3 Å². The van der Waals surface area contributed by atoms with E-state index in [0.29, 0.717) is 12.3 Å². The van der Waals surface area contributed by atoms with Crippen molar-refractivity contribution >= 4 is 27.6 Å². The van der Waals surface area contributed by atoms with Gasteiger partial charge in [0.15, 0.2) is 0 Å². The molecular formula is C12H16ClNO4S. The summed E-state index contributed by atoms with van der Waals surface area (Å²) in [4.78, 5) is 10.5. The van der Waals surface area contributed by atoms with E-state index in [9.17, 15) is 13.2 Å². The number of sulfonamides is 1. The molecule has 0 aromatic heterocycles. The number of carbonyl (C=O) groups is 1.